The molecule has 1 aromatic carbocycles. The molecular formula is C13H18N4. The van der Waals surface area contributed by atoms with Crippen LogP contribution in [0.4, 0.5) is 0 Å². The number of rotatable bonds is 4. The maximum atomic E-state index is 5.67. The summed E-state index contributed by atoms with van der Waals surface area (Å²) in [6.45, 7) is 4.34. The first kappa shape index (κ1) is 12.0. The van der Waals surface area contributed by atoms with Crippen LogP contribution >= 0.6 is 0 Å². The van der Waals surface area contributed by atoms with E-state index in [4.69, 9.17) is 5.84 Å². The third-order valence-electron chi connectivity index (χ3n) is 3.26. The van der Waals surface area contributed by atoms with Gasteiger partial charge in [0.2, 0.25) is 0 Å². The Kier molecular flexibility index (Phi) is 3.66. The molecule has 4 heteroatoms. The molecule has 1 aromatic heterocycles. The number of para-hydroxylation sites is 1. The number of aromatic nitrogens is 2. The maximum Gasteiger partial charge on any atom is 0.0935 e. The number of nitrogens with two attached hydrogens (primary N) is 1. The summed E-state index contributed by atoms with van der Waals surface area (Å²) in [5.74, 6) is 6.13. The summed E-state index contributed by atoms with van der Waals surface area (Å²) in [7, 11) is 0. The van der Waals surface area contributed by atoms with Gasteiger partial charge in [0.15, 0.2) is 0 Å². The Balaban J connectivity index is 2.53. The first-order valence-electron chi connectivity index (χ1n) is 5.93. The Hall–Kier alpha value is -1.52. The SMILES string of the molecule is CCC(C)C(NN)c1cccc2nccnc12. The minimum absolute atomic E-state index is 0.111. The van der Waals surface area contributed by atoms with Gasteiger partial charge in [-0.25, -0.2) is 0 Å². The normalized spacial score (nSPS) is 14.8. The number of nitrogens with zero attached hydrogens (tertiary/aromatic N) is 2. The van der Waals surface area contributed by atoms with Gasteiger partial charge in [-0.2, -0.15) is 0 Å². The molecule has 1 heterocycles. The fourth-order valence-corrected chi connectivity index (χ4v) is 2.06. The summed E-state index contributed by atoms with van der Waals surface area (Å²) >= 11 is 0. The van der Waals surface area contributed by atoms with Gasteiger partial charge in [-0.3, -0.25) is 21.2 Å². The van der Waals surface area contributed by atoms with Gasteiger partial charge < -0.3 is 0 Å². The first-order chi connectivity index (χ1) is 8.27. The Bertz CT molecular complexity index is 492. The average molecular weight is 230 g/mol. The molecule has 0 amide bonds. The van der Waals surface area contributed by atoms with E-state index in [2.05, 4.69) is 35.3 Å². The van der Waals surface area contributed by atoms with Gasteiger partial charge in [0.05, 0.1) is 17.1 Å². The Labute approximate surface area is 101 Å². The van der Waals surface area contributed by atoms with Gasteiger partial charge in [0, 0.05) is 12.4 Å². The van der Waals surface area contributed by atoms with Crippen LogP contribution in [-0.2, 0) is 0 Å². The van der Waals surface area contributed by atoms with Crippen molar-refractivity contribution in [1.29, 1.82) is 0 Å². The molecule has 0 aliphatic rings. The van der Waals surface area contributed by atoms with Gasteiger partial charge >= 0.3 is 0 Å². The zero-order chi connectivity index (χ0) is 12.3. The van der Waals surface area contributed by atoms with Crippen molar-refractivity contribution < 1.29 is 0 Å². The summed E-state index contributed by atoms with van der Waals surface area (Å²) in [6.07, 6.45) is 4.49. The lowest BCUT2D eigenvalue weighted by Crippen LogP contribution is -2.32. The smallest absolute Gasteiger partial charge is 0.0935 e. The van der Waals surface area contributed by atoms with E-state index in [1.165, 1.54) is 0 Å². The van der Waals surface area contributed by atoms with Crippen molar-refractivity contribution >= 4 is 11.0 Å². The van der Waals surface area contributed by atoms with Crippen LogP contribution in [0.15, 0.2) is 30.6 Å². The monoisotopic (exact) mass is 230 g/mol. The Morgan fingerprint density at radius 3 is 2.76 bits per heavy atom. The molecule has 0 fully saturated rings. The number of hydrazine groups is 1. The Morgan fingerprint density at radius 1 is 1.29 bits per heavy atom. The predicted octanol–water partition coefficient (Wildman–Crippen LogP) is 2.18. The highest BCUT2D eigenvalue weighted by atomic mass is 15.2. The summed E-state index contributed by atoms with van der Waals surface area (Å²) in [4.78, 5) is 8.72. The standard InChI is InChI=1S/C13H18N4/c1-3-9(2)12(17-14)10-5-4-6-11-13(10)16-8-7-15-11/h4-9,12,17H,3,14H2,1-2H3. The van der Waals surface area contributed by atoms with Gasteiger partial charge in [-0.05, 0) is 17.5 Å². The van der Waals surface area contributed by atoms with Crippen LogP contribution in [0.5, 0.6) is 0 Å². The molecule has 90 valence electrons. The minimum atomic E-state index is 0.111. The van der Waals surface area contributed by atoms with E-state index in [-0.39, 0.29) is 6.04 Å². The highest BCUT2D eigenvalue weighted by Gasteiger charge is 2.19. The van der Waals surface area contributed by atoms with Gasteiger partial charge in [0.25, 0.3) is 0 Å². The molecule has 2 rings (SSSR count). The van der Waals surface area contributed by atoms with Gasteiger partial charge in [0.1, 0.15) is 0 Å². The van der Waals surface area contributed by atoms with E-state index in [1.807, 2.05) is 12.1 Å². The quantitative estimate of drug-likeness (QED) is 0.624. The number of benzene rings is 1. The molecule has 0 spiro atoms. The fraction of sp³-hybridized carbons (Fsp3) is 0.385. The summed E-state index contributed by atoms with van der Waals surface area (Å²) in [6, 6.07) is 6.14. The average Bonchev–Trinajstić information content (AvgIpc) is 2.39. The van der Waals surface area contributed by atoms with Crippen molar-refractivity contribution in [3.63, 3.8) is 0 Å². The van der Waals surface area contributed by atoms with Gasteiger partial charge in [-0.1, -0.05) is 32.4 Å². The highest BCUT2D eigenvalue weighted by Crippen LogP contribution is 2.27. The van der Waals surface area contributed by atoms with E-state index in [1.54, 1.807) is 12.4 Å². The van der Waals surface area contributed by atoms with Crippen LogP contribution in [-0.4, -0.2) is 9.97 Å². The molecule has 0 radical (unpaired) electrons. The number of fused-ring (bicyclic) bond motifs is 1. The molecule has 0 saturated carbocycles. The molecule has 4 nitrogen and oxygen atoms in total. The van der Waals surface area contributed by atoms with Crippen LogP contribution in [0.2, 0.25) is 0 Å². The van der Waals surface area contributed by atoms with E-state index < -0.39 is 0 Å². The molecule has 2 unspecified atom stereocenters. The topological polar surface area (TPSA) is 63.8 Å². The van der Waals surface area contributed by atoms with Crippen LogP contribution in [0, 0.1) is 5.92 Å². The van der Waals surface area contributed by atoms with E-state index >= 15 is 0 Å². The van der Waals surface area contributed by atoms with Crippen LogP contribution < -0.4 is 11.3 Å². The van der Waals surface area contributed by atoms with Crippen LogP contribution in [0.1, 0.15) is 31.9 Å². The van der Waals surface area contributed by atoms with Crippen LogP contribution in [0.25, 0.3) is 11.0 Å². The molecule has 0 bridgehead atoms. The first-order valence-corrected chi connectivity index (χ1v) is 5.93. The van der Waals surface area contributed by atoms with Crippen molar-refractivity contribution in [2.24, 2.45) is 11.8 Å². The third-order valence-corrected chi connectivity index (χ3v) is 3.26. The maximum absolute atomic E-state index is 5.67. The Morgan fingerprint density at radius 2 is 2.06 bits per heavy atom. The van der Waals surface area contributed by atoms with Crippen molar-refractivity contribution in [3.8, 4) is 0 Å². The minimum Gasteiger partial charge on any atom is -0.271 e. The largest absolute Gasteiger partial charge is 0.271 e. The molecular weight excluding hydrogens is 212 g/mol. The molecule has 2 aromatic rings. The van der Waals surface area contributed by atoms with Gasteiger partial charge in [-0.15, -0.1) is 0 Å². The third kappa shape index (κ3) is 2.28. The lowest BCUT2D eigenvalue weighted by molar-refractivity contribution is 0.384. The zero-order valence-corrected chi connectivity index (χ0v) is 10.2. The molecule has 0 aliphatic carbocycles. The number of hydrogen-bond acceptors (Lipinski definition) is 4. The summed E-state index contributed by atoms with van der Waals surface area (Å²) in [5.41, 5.74) is 5.85. The molecule has 2 atom stereocenters. The van der Waals surface area contributed by atoms with Crippen molar-refractivity contribution in [3.05, 3.63) is 36.2 Å². The lowest BCUT2D eigenvalue weighted by atomic mass is 9.92. The number of nitrogens with one attached hydrogen (secondary N) is 1. The zero-order valence-electron chi connectivity index (χ0n) is 10.2. The predicted molar refractivity (Wildman–Crippen MR) is 69.1 cm³/mol. The second kappa shape index (κ2) is 5.21. The molecule has 0 aliphatic heterocycles. The molecule has 0 saturated heterocycles. The van der Waals surface area contributed by atoms with E-state index in [0.717, 1.165) is 23.0 Å². The van der Waals surface area contributed by atoms with Crippen molar-refractivity contribution in [1.82, 2.24) is 15.4 Å². The second-order valence-electron chi connectivity index (χ2n) is 4.30. The molecule has 17 heavy (non-hydrogen) atoms. The fourth-order valence-electron chi connectivity index (χ4n) is 2.06. The van der Waals surface area contributed by atoms with E-state index in [0.29, 0.717) is 5.92 Å². The lowest BCUT2D eigenvalue weighted by Gasteiger charge is -2.23. The second-order valence-corrected chi connectivity index (χ2v) is 4.30. The van der Waals surface area contributed by atoms with E-state index in [9.17, 15) is 0 Å². The van der Waals surface area contributed by atoms with Crippen molar-refractivity contribution in [2.45, 2.75) is 26.3 Å². The summed E-state index contributed by atoms with van der Waals surface area (Å²) in [5, 5.41) is 0. The molecule has 3 N–H and O–H groups in total. The highest BCUT2D eigenvalue weighted by molar-refractivity contribution is 5.78. The number of hydrogen-bond donors (Lipinski definition) is 2. The summed E-state index contributed by atoms with van der Waals surface area (Å²) < 4.78 is 0. The van der Waals surface area contributed by atoms with Crippen molar-refractivity contribution in [2.75, 3.05) is 0 Å². The van der Waals surface area contributed by atoms with Crippen LogP contribution in [0.3, 0.4) is 0 Å².